The van der Waals surface area contributed by atoms with Crippen LogP contribution in [0.25, 0.3) is 33.4 Å². The molecule has 1 saturated heterocycles. The van der Waals surface area contributed by atoms with Crippen LogP contribution in [0.2, 0.25) is 0 Å². The standard InChI is InChI=1S/C54H41N3O/c1-54(2)47-21-10-8-19-40(47)41-26-24-36(29-48(41)54)53-56-51(34-16-12-15-33(27-34)32-13-4-3-5-14-32)55-52(57-53)35-23-25-39-43(28-35)37-17-6-7-18-38(37)44-30-46-42-20-9-11-22-49(42)58-50(46)31-45(39)44/h3-31,42,44-45,49,53H,1-2H3,(H,55,56,57). The van der Waals surface area contributed by atoms with Gasteiger partial charge >= 0.3 is 0 Å². The molecule has 278 valence electrons. The molecule has 1 fully saturated rings. The number of hydrogen-bond donors (Lipinski definition) is 1. The highest BCUT2D eigenvalue weighted by molar-refractivity contribution is 6.16. The lowest BCUT2D eigenvalue weighted by Gasteiger charge is -2.35. The number of benzene rings is 6. The highest BCUT2D eigenvalue weighted by Crippen LogP contribution is 2.55. The summed E-state index contributed by atoms with van der Waals surface area (Å²) in [4.78, 5) is 10.8. The second-order valence-electron chi connectivity index (χ2n) is 16.8. The van der Waals surface area contributed by atoms with Crippen molar-refractivity contribution in [1.82, 2.24) is 5.32 Å². The minimum absolute atomic E-state index is 0.0689. The van der Waals surface area contributed by atoms with Crippen molar-refractivity contribution in [2.45, 2.75) is 43.4 Å². The van der Waals surface area contributed by atoms with Crippen molar-refractivity contribution in [2.24, 2.45) is 15.9 Å². The predicted octanol–water partition coefficient (Wildman–Crippen LogP) is 12.0. The summed E-state index contributed by atoms with van der Waals surface area (Å²) in [5.74, 6) is 3.35. The van der Waals surface area contributed by atoms with Crippen LogP contribution in [-0.4, -0.2) is 17.8 Å². The van der Waals surface area contributed by atoms with Crippen LogP contribution in [0.5, 0.6) is 0 Å². The summed E-state index contributed by atoms with van der Waals surface area (Å²) >= 11 is 0. The molecule has 1 N–H and O–H groups in total. The van der Waals surface area contributed by atoms with Gasteiger partial charge in [-0.1, -0.05) is 166 Å². The molecule has 58 heavy (non-hydrogen) atoms. The van der Waals surface area contributed by atoms with E-state index in [1.54, 1.807) is 0 Å². The molecule has 6 aromatic rings. The quantitative estimate of drug-likeness (QED) is 0.195. The molecule has 6 aliphatic rings. The summed E-state index contributed by atoms with van der Waals surface area (Å²) in [5, 5.41) is 3.74. The summed E-state index contributed by atoms with van der Waals surface area (Å²) in [6.45, 7) is 4.66. The Morgan fingerprint density at radius 3 is 2.09 bits per heavy atom. The van der Waals surface area contributed by atoms with Crippen molar-refractivity contribution in [2.75, 3.05) is 0 Å². The number of nitrogens with zero attached hydrogens (tertiary/aromatic N) is 2. The molecule has 0 radical (unpaired) electrons. The van der Waals surface area contributed by atoms with Crippen LogP contribution in [0.15, 0.2) is 197 Å². The van der Waals surface area contributed by atoms with E-state index in [9.17, 15) is 0 Å². The Kier molecular flexibility index (Phi) is 7.26. The Hall–Kier alpha value is -6.78. The monoisotopic (exact) mass is 747 g/mol. The molecule has 6 aromatic carbocycles. The fraction of sp³-hybridized carbons (Fsp3) is 0.148. The molecule has 4 heteroatoms. The molecule has 0 aromatic heterocycles. The first-order valence-electron chi connectivity index (χ1n) is 20.5. The SMILES string of the molecule is CC1(C)c2ccccc2-c2ccc(C3N=C(c4cccc(-c5ccccc5)c4)NC(c4ccc5c(c4)-c4ccccc4C4C=C6C(=CC54)OC4C=CC=CC64)=N3)cc21. The van der Waals surface area contributed by atoms with Gasteiger partial charge in [0.15, 0.2) is 6.17 Å². The second-order valence-corrected chi connectivity index (χ2v) is 16.8. The second kappa shape index (κ2) is 12.6. The van der Waals surface area contributed by atoms with Gasteiger partial charge in [-0.15, -0.1) is 0 Å². The summed E-state index contributed by atoms with van der Waals surface area (Å²) in [6.07, 6.45) is 13.2. The summed E-state index contributed by atoms with van der Waals surface area (Å²) < 4.78 is 6.56. The number of nitrogens with one attached hydrogen (secondary N) is 1. The molecule has 0 bridgehead atoms. The van der Waals surface area contributed by atoms with Gasteiger partial charge in [-0.25, -0.2) is 9.98 Å². The zero-order valence-electron chi connectivity index (χ0n) is 32.4. The minimum atomic E-state index is -0.429. The van der Waals surface area contributed by atoms with E-state index < -0.39 is 6.17 Å². The summed E-state index contributed by atoms with van der Waals surface area (Å²) in [6, 6.07) is 50.7. The van der Waals surface area contributed by atoms with Gasteiger partial charge in [0.05, 0.1) is 0 Å². The van der Waals surface area contributed by atoms with E-state index in [4.69, 9.17) is 14.7 Å². The van der Waals surface area contributed by atoms with Crippen molar-refractivity contribution in [3.8, 4) is 33.4 Å². The third-order valence-electron chi connectivity index (χ3n) is 13.3. The van der Waals surface area contributed by atoms with Crippen LogP contribution in [0.1, 0.15) is 70.8 Å². The van der Waals surface area contributed by atoms with Gasteiger partial charge in [0.25, 0.3) is 0 Å². The average Bonchev–Trinajstić information content (AvgIpc) is 3.76. The van der Waals surface area contributed by atoms with E-state index in [1.807, 2.05) is 0 Å². The number of ether oxygens (including phenoxy) is 1. The van der Waals surface area contributed by atoms with Gasteiger partial charge in [0, 0.05) is 39.9 Å². The molecular formula is C54H41N3O. The number of amidine groups is 2. The molecule has 4 aliphatic carbocycles. The third-order valence-corrected chi connectivity index (χ3v) is 13.3. The van der Waals surface area contributed by atoms with E-state index in [1.165, 1.54) is 55.6 Å². The highest BCUT2D eigenvalue weighted by atomic mass is 16.5. The smallest absolute Gasteiger partial charge is 0.169 e. The van der Waals surface area contributed by atoms with Crippen molar-refractivity contribution >= 4 is 11.7 Å². The molecule has 4 nitrogen and oxygen atoms in total. The van der Waals surface area contributed by atoms with Crippen molar-refractivity contribution < 1.29 is 4.74 Å². The molecule has 0 amide bonds. The maximum absolute atomic E-state index is 6.56. The van der Waals surface area contributed by atoms with Crippen molar-refractivity contribution in [1.29, 1.82) is 0 Å². The van der Waals surface area contributed by atoms with Gasteiger partial charge in [0.2, 0.25) is 0 Å². The number of rotatable bonds is 4. The van der Waals surface area contributed by atoms with Gasteiger partial charge in [-0.05, 0) is 85.5 Å². The Labute approximate surface area is 339 Å². The largest absolute Gasteiger partial charge is 0.485 e. The lowest BCUT2D eigenvalue weighted by Crippen LogP contribution is -2.36. The first-order valence-corrected chi connectivity index (χ1v) is 20.5. The lowest BCUT2D eigenvalue weighted by molar-refractivity contribution is 0.183. The zero-order chi connectivity index (χ0) is 38.5. The molecule has 2 heterocycles. The molecule has 5 atom stereocenters. The Morgan fingerprint density at radius 1 is 0.517 bits per heavy atom. The Bertz CT molecular complexity index is 2910. The molecule has 0 spiro atoms. The van der Waals surface area contributed by atoms with E-state index in [0.717, 1.165) is 39.7 Å². The fourth-order valence-corrected chi connectivity index (χ4v) is 10.3. The Morgan fingerprint density at radius 2 is 1.21 bits per heavy atom. The van der Waals surface area contributed by atoms with Crippen molar-refractivity contribution in [3.05, 3.63) is 226 Å². The number of aliphatic imine (C=N–C) groups is 2. The lowest BCUT2D eigenvalue weighted by atomic mass is 9.68. The van der Waals surface area contributed by atoms with Crippen LogP contribution < -0.4 is 5.32 Å². The Balaban J connectivity index is 0.975. The third kappa shape index (κ3) is 5.07. The summed E-state index contributed by atoms with van der Waals surface area (Å²) in [5.41, 5.74) is 17.1. The van der Waals surface area contributed by atoms with Gasteiger partial charge < -0.3 is 10.1 Å². The average molecular weight is 748 g/mol. The first kappa shape index (κ1) is 33.4. The molecule has 5 unspecified atom stereocenters. The summed E-state index contributed by atoms with van der Waals surface area (Å²) in [7, 11) is 0. The maximum Gasteiger partial charge on any atom is 0.169 e. The maximum atomic E-state index is 6.56. The van der Waals surface area contributed by atoms with E-state index in [-0.39, 0.29) is 29.3 Å². The molecular weight excluding hydrogens is 707 g/mol. The topological polar surface area (TPSA) is 46.0 Å². The normalized spacial score (nSPS) is 23.5. The van der Waals surface area contributed by atoms with Crippen LogP contribution in [0.4, 0.5) is 0 Å². The van der Waals surface area contributed by atoms with Crippen LogP contribution in [0.3, 0.4) is 0 Å². The van der Waals surface area contributed by atoms with E-state index in [0.29, 0.717) is 0 Å². The van der Waals surface area contributed by atoms with E-state index >= 15 is 0 Å². The van der Waals surface area contributed by atoms with Crippen LogP contribution >= 0.6 is 0 Å². The first-order chi connectivity index (χ1) is 28.5. The molecule has 2 aliphatic heterocycles. The molecule has 0 saturated carbocycles. The van der Waals surface area contributed by atoms with Gasteiger partial charge in [0.1, 0.15) is 23.5 Å². The van der Waals surface area contributed by atoms with Crippen molar-refractivity contribution in [3.63, 3.8) is 0 Å². The van der Waals surface area contributed by atoms with Crippen LogP contribution in [-0.2, 0) is 10.2 Å². The zero-order valence-corrected chi connectivity index (χ0v) is 32.4. The molecule has 12 rings (SSSR count). The highest BCUT2D eigenvalue weighted by Gasteiger charge is 2.42. The van der Waals surface area contributed by atoms with E-state index in [2.05, 4.69) is 195 Å². The van der Waals surface area contributed by atoms with Crippen LogP contribution in [0, 0.1) is 5.92 Å². The predicted molar refractivity (Wildman–Crippen MR) is 235 cm³/mol. The number of hydrogen-bond acceptors (Lipinski definition) is 4. The minimum Gasteiger partial charge on any atom is -0.485 e. The number of allylic oxidation sites excluding steroid dienone is 5. The van der Waals surface area contributed by atoms with Gasteiger partial charge in [-0.2, -0.15) is 0 Å². The fourth-order valence-electron chi connectivity index (χ4n) is 10.3. The number of fused-ring (bicyclic) bond motifs is 12. The van der Waals surface area contributed by atoms with Gasteiger partial charge in [-0.3, -0.25) is 0 Å².